The predicted octanol–water partition coefficient (Wildman–Crippen LogP) is 1.84. The molecule has 0 amide bonds. The van der Waals surface area contributed by atoms with Crippen LogP contribution >= 0.6 is 0 Å². The van der Waals surface area contributed by atoms with E-state index in [0.29, 0.717) is 18.2 Å². The zero-order chi connectivity index (χ0) is 22.0. The van der Waals surface area contributed by atoms with Gasteiger partial charge in [-0.3, -0.25) is 14.3 Å². The van der Waals surface area contributed by atoms with Crippen molar-refractivity contribution < 1.29 is 9.84 Å². The molecule has 0 saturated carbocycles. The molecular formula is C22H25N5O4. The lowest BCUT2D eigenvalue weighted by Crippen LogP contribution is -2.31. The third kappa shape index (κ3) is 4.17. The molecule has 0 spiro atoms. The van der Waals surface area contributed by atoms with E-state index in [9.17, 15) is 14.7 Å². The Morgan fingerprint density at radius 1 is 1.19 bits per heavy atom. The number of rotatable bonds is 8. The van der Waals surface area contributed by atoms with Gasteiger partial charge in [0.2, 0.25) is 5.95 Å². The fourth-order valence-corrected chi connectivity index (χ4v) is 3.50. The lowest BCUT2D eigenvalue weighted by molar-refractivity contribution is 0.0939. The molecule has 31 heavy (non-hydrogen) atoms. The third-order valence-electron chi connectivity index (χ3n) is 5.10. The molecule has 2 aromatic carbocycles. The Morgan fingerprint density at radius 3 is 2.74 bits per heavy atom. The van der Waals surface area contributed by atoms with E-state index in [2.05, 4.69) is 15.3 Å². The number of aliphatic hydroxyl groups excluding tert-OH is 1. The normalized spacial score (nSPS) is 12.4. The SMILES string of the molecule is CCCNc1nc2c(c(=O)[nH]c(=O)n2C)n1CC(O)COc1ccc2ccccc2c1. The number of hydrogen-bond acceptors (Lipinski definition) is 6. The first kappa shape index (κ1) is 20.7. The molecule has 0 fully saturated rings. The van der Waals surface area contributed by atoms with Crippen LogP contribution in [-0.4, -0.2) is 43.5 Å². The van der Waals surface area contributed by atoms with Gasteiger partial charge in [0.25, 0.3) is 5.56 Å². The Bertz CT molecular complexity index is 1340. The van der Waals surface area contributed by atoms with Crippen molar-refractivity contribution in [1.82, 2.24) is 19.1 Å². The summed E-state index contributed by atoms with van der Waals surface area (Å²) in [4.78, 5) is 31.1. The summed E-state index contributed by atoms with van der Waals surface area (Å²) in [7, 11) is 1.54. The maximum atomic E-state index is 12.5. The molecule has 0 aliphatic rings. The quantitative estimate of drug-likeness (QED) is 0.398. The van der Waals surface area contributed by atoms with Crippen LogP contribution in [0.25, 0.3) is 21.9 Å². The average molecular weight is 423 g/mol. The van der Waals surface area contributed by atoms with Gasteiger partial charge in [-0.2, -0.15) is 4.98 Å². The van der Waals surface area contributed by atoms with Gasteiger partial charge in [-0.25, -0.2) is 4.79 Å². The Morgan fingerprint density at radius 2 is 1.97 bits per heavy atom. The van der Waals surface area contributed by atoms with E-state index in [0.717, 1.165) is 17.2 Å². The van der Waals surface area contributed by atoms with E-state index < -0.39 is 17.4 Å². The summed E-state index contributed by atoms with van der Waals surface area (Å²) in [6.07, 6.45) is -0.0470. The second-order valence-electron chi connectivity index (χ2n) is 7.44. The summed E-state index contributed by atoms with van der Waals surface area (Å²) in [5.74, 6) is 1.08. The Labute approximate surface area is 177 Å². The predicted molar refractivity (Wildman–Crippen MR) is 120 cm³/mol. The molecule has 1 atom stereocenters. The van der Waals surface area contributed by atoms with E-state index >= 15 is 0 Å². The highest BCUT2D eigenvalue weighted by molar-refractivity contribution is 5.83. The Hall–Kier alpha value is -3.59. The van der Waals surface area contributed by atoms with Gasteiger partial charge in [-0.05, 0) is 29.3 Å². The fraction of sp³-hybridized carbons (Fsp3) is 0.318. The summed E-state index contributed by atoms with van der Waals surface area (Å²) in [6.45, 7) is 2.76. The fourth-order valence-electron chi connectivity index (χ4n) is 3.50. The minimum atomic E-state index is -0.900. The highest BCUT2D eigenvalue weighted by Crippen LogP contribution is 2.21. The van der Waals surface area contributed by atoms with Crippen molar-refractivity contribution in [3.8, 4) is 5.75 Å². The first-order chi connectivity index (χ1) is 15.0. The first-order valence-electron chi connectivity index (χ1n) is 10.2. The van der Waals surface area contributed by atoms with Gasteiger partial charge < -0.3 is 19.7 Å². The van der Waals surface area contributed by atoms with Crippen LogP contribution in [0, 0.1) is 0 Å². The second-order valence-corrected chi connectivity index (χ2v) is 7.44. The zero-order valence-corrected chi connectivity index (χ0v) is 17.5. The lowest BCUT2D eigenvalue weighted by atomic mass is 10.1. The molecule has 9 nitrogen and oxygen atoms in total. The molecule has 3 N–H and O–H groups in total. The number of aromatic nitrogens is 4. The number of nitrogens with one attached hydrogen (secondary N) is 2. The van der Waals surface area contributed by atoms with Crippen LogP contribution in [-0.2, 0) is 13.6 Å². The molecule has 0 aliphatic heterocycles. The van der Waals surface area contributed by atoms with Crippen molar-refractivity contribution >= 4 is 27.9 Å². The van der Waals surface area contributed by atoms with E-state index in [1.165, 1.54) is 4.57 Å². The number of H-pyrrole nitrogens is 1. The Kier molecular flexibility index (Phi) is 5.77. The highest BCUT2D eigenvalue weighted by Gasteiger charge is 2.19. The van der Waals surface area contributed by atoms with Gasteiger partial charge in [-0.1, -0.05) is 37.3 Å². The van der Waals surface area contributed by atoms with E-state index in [1.807, 2.05) is 49.4 Å². The van der Waals surface area contributed by atoms with Crippen LogP contribution in [0.1, 0.15) is 13.3 Å². The van der Waals surface area contributed by atoms with Gasteiger partial charge in [0.05, 0.1) is 6.54 Å². The first-order valence-corrected chi connectivity index (χ1v) is 10.2. The van der Waals surface area contributed by atoms with Crippen LogP contribution in [0.15, 0.2) is 52.1 Å². The standard InChI is InChI=1S/C22H25N5O4/c1-3-10-23-21-24-19-18(20(29)25-22(30)26(19)2)27(21)12-16(28)13-31-17-9-8-14-6-4-5-7-15(14)11-17/h4-9,11,16,28H,3,10,12-13H2,1-2H3,(H,23,24)(H,25,29,30). The van der Waals surface area contributed by atoms with Crippen LogP contribution in [0.4, 0.5) is 5.95 Å². The number of ether oxygens (including phenoxy) is 1. The lowest BCUT2D eigenvalue weighted by Gasteiger charge is -2.16. The van der Waals surface area contributed by atoms with Crippen molar-refractivity contribution in [2.75, 3.05) is 18.5 Å². The summed E-state index contributed by atoms with van der Waals surface area (Å²) in [5.41, 5.74) is -0.595. The van der Waals surface area contributed by atoms with Crippen molar-refractivity contribution in [2.45, 2.75) is 26.0 Å². The number of benzene rings is 2. The maximum Gasteiger partial charge on any atom is 0.329 e. The van der Waals surface area contributed by atoms with Gasteiger partial charge >= 0.3 is 5.69 Å². The van der Waals surface area contributed by atoms with Gasteiger partial charge in [0, 0.05) is 13.6 Å². The number of aromatic amines is 1. The van der Waals surface area contributed by atoms with E-state index in [1.54, 1.807) is 11.6 Å². The number of hydrogen-bond donors (Lipinski definition) is 3. The molecule has 0 aliphatic carbocycles. The van der Waals surface area contributed by atoms with Crippen LogP contribution < -0.4 is 21.3 Å². The average Bonchev–Trinajstić information content (AvgIpc) is 3.13. The van der Waals surface area contributed by atoms with E-state index in [4.69, 9.17) is 4.74 Å². The topological polar surface area (TPSA) is 114 Å². The van der Waals surface area contributed by atoms with Crippen molar-refractivity contribution in [3.05, 3.63) is 63.3 Å². The van der Waals surface area contributed by atoms with E-state index in [-0.39, 0.29) is 24.3 Å². The number of anilines is 1. The summed E-state index contributed by atoms with van der Waals surface area (Å²) in [6, 6.07) is 13.7. The van der Waals surface area contributed by atoms with Gasteiger partial charge in [0.15, 0.2) is 11.2 Å². The smallest absolute Gasteiger partial charge is 0.329 e. The zero-order valence-electron chi connectivity index (χ0n) is 17.5. The number of aryl methyl sites for hydroxylation is 1. The molecule has 4 rings (SSSR count). The highest BCUT2D eigenvalue weighted by atomic mass is 16.5. The summed E-state index contributed by atoms with van der Waals surface area (Å²) >= 11 is 0. The molecule has 2 heterocycles. The second kappa shape index (κ2) is 8.65. The molecular weight excluding hydrogens is 398 g/mol. The third-order valence-corrected chi connectivity index (χ3v) is 5.10. The van der Waals surface area contributed by atoms with Crippen molar-refractivity contribution in [3.63, 3.8) is 0 Å². The summed E-state index contributed by atoms with van der Waals surface area (Å²) < 4.78 is 8.66. The largest absolute Gasteiger partial charge is 0.491 e. The van der Waals surface area contributed by atoms with Gasteiger partial charge in [-0.15, -0.1) is 0 Å². The molecule has 4 aromatic rings. The maximum absolute atomic E-state index is 12.5. The minimum Gasteiger partial charge on any atom is -0.491 e. The van der Waals surface area contributed by atoms with Crippen molar-refractivity contribution in [1.29, 1.82) is 0 Å². The number of imidazole rings is 1. The Balaban J connectivity index is 1.58. The van der Waals surface area contributed by atoms with Crippen LogP contribution in [0.3, 0.4) is 0 Å². The monoisotopic (exact) mass is 423 g/mol. The molecule has 1 unspecified atom stereocenters. The number of nitrogens with zero attached hydrogens (tertiary/aromatic N) is 3. The van der Waals surface area contributed by atoms with Crippen LogP contribution in [0.5, 0.6) is 5.75 Å². The number of fused-ring (bicyclic) bond motifs is 2. The van der Waals surface area contributed by atoms with Crippen LogP contribution in [0.2, 0.25) is 0 Å². The van der Waals surface area contributed by atoms with Crippen molar-refractivity contribution in [2.24, 2.45) is 7.05 Å². The summed E-state index contributed by atoms with van der Waals surface area (Å²) in [5, 5.41) is 16.0. The molecule has 162 valence electrons. The molecule has 9 heteroatoms. The molecule has 0 bridgehead atoms. The van der Waals surface area contributed by atoms with Gasteiger partial charge in [0.1, 0.15) is 18.5 Å². The number of aliphatic hydroxyl groups is 1. The molecule has 2 aromatic heterocycles. The molecule has 0 saturated heterocycles. The minimum absolute atomic E-state index is 0.0366. The molecule has 0 radical (unpaired) electrons.